The summed E-state index contributed by atoms with van der Waals surface area (Å²) >= 11 is 0. The summed E-state index contributed by atoms with van der Waals surface area (Å²) in [5, 5.41) is 5.66. The van der Waals surface area contributed by atoms with Gasteiger partial charge in [-0.15, -0.1) is 0 Å². The summed E-state index contributed by atoms with van der Waals surface area (Å²) in [5.74, 6) is -0.226. The number of hydrogen-bond acceptors (Lipinski definition) is 3. The van der Waals surface area contributed by atoms with Gasteiger partial charge in [-0.1, -0.05) is 48.5 Å². The molecule has 0 aliphatic carbocycles. The largest absolute Gasteiger partial charge is 0.358 e. The fourth-order valence-corrected chi connectivity index (χ4v) is 3.00. The van der Waals surface area contributed by atoms with Crippen LogP contribution in [0.15, 0.2) is 60.7 Å². The van der Waals surface area contributed by atoms with Crippen molar-refractivity contribution >= 4 is 17.5 Å². The second kappa shape index (κ2) is 8.33. The van der Waals surface area contributed by atoms with Crippen molar-refractivity contribution in [3.8, 4) is 0 Å². The summed E-state index contributed by atoms with van der Waals surface area (Å²) in [5.41, 5.74) is 2.11. The molecule has 0 radical (unpaired) electrons. The Balaban J connectivity index is 1.68. The van der Waals surface area contributed by atoms with Gasteiger partial charge in [0.15, 0.2) is 0 Å². The predicted molar refractivity (Wildman–Crippen MR) is 98.1 cm³/mol. The van der Waals surface area contributed by atoms with Crippen LogP contribution in [0.2, 0.25) is 0 Å². The number of benzene rings is 2. The average molecular weight is 337 g/mol. The SMILES string of the molecule is O=C(CN(Cc1ccccc1)c1ccccc1)N[C@@H]1CCCNC1=O. The van der Waals surface area contributed by atoms with Crippen LogP contribution in [0.1, 0.15) is 18.4 Å². The summed E-state index contributed by atoms with van der Waals surface area (Å²) < 4.78 is 0. The Kier molecular flexibility index (Phi) is 5.67. The minimum absolute atomic E-state index is 0.0890. The third-order valence-corrected chi connectivity index (χ3v) is 4.29. The van der Waals surface area contributed by atoms with Gasteiger partial charge in [-0.2, -0.15) is 0 Å². The van der Waals surface area contributed by atoms with Gasteiger partial charge in [-0.05, 0) is 30.5 Å². The van der Waals surface area contributed by atoms with Crippen LogP contribution >= 0.6 is 0 Å². The number of piperidine rings is 1. The van der Waals surface area contributed by atoms with Crippen LogP contribution in [-0.4, -0.2) is 30.9 Å². The molecule has 1 aliphatic heterocycles. The van der Waals surface area contributed by atoms with Crippen molar-refractivity contribution in [1.82, 2.24) is 10.6 Å². The Morgan fingerprint density at radius 2 is 1.76 bits per heavy atom. The van der Waals surface area contributed by atoms with E-state index in [9.17, 15) is 9.59 Å². The molecule has 1 saturated heterocycles. The fraction of sp³-hybridized carbons (Fsp3) is 0.300. The first-order valence-corrected chi connectivity index (χ1v) is 8.63. The van der Waals surface area contributed by atoms with E-state index in [2.05, 4.69) is 10.6 Å². The molecule has 2 aromatic carbocycles. The Bertz CT molecular complexity index is 703. The van der Waals surface area contributed by atoms with Crippen molar-refractivity contribution in [2.45, 2.75) is 25.4 Å². The molecule has 2 amide bonds. The number of nitrogens with one attached hydrogen (secondary N) is 2. The molecule has 1 fully saturated rings. The third kappa shape index (κ3) is 4.83. The Morgan fingerprint density at radius 3 is 2.44 bits per heavy atom. The first kappa shape index (κ1) is 17.0. The molecule has 0 saturated carbocycles. The van der Waals surface area contributed by atoms with Gasteiger partial charge >= 0.3 is 0 Å². The summed E-state index contributed by atoms with van der Waals surface area (Å²) in [6, 6.07) is 19.5. The smallest absolute Gasteiger partial charge is 0.242 e. The molecule has 1 heterocycles. The molecule has 1 aliphatic rings. The molecule has 0 aromatic heterocycles. The zero-order valence-electron chi connectivity index (χ0n) is 14.2. The van der Waals surface area contributed by atoms with Crippen molar-refractivity contribution in [3.63, 3.8) is 0 Å². The standard InChI is InChI=1S/C20H23N3O2/c24-19(22-18-12-7-13-21-20(18)25)15-23(17-10-5-2-6-11-17)14-16-8-3-1-4-9-16/h1-6,8-11,18H,7,12-15H2,(H,21,25)(H,22,24)/t18-/m1/s1. The van der Waals surface area contributed by atoms with Gasteiger partial charge in [0.2, 0.25) is 11.8 Å². The zero-order chi connectivity index (χ0) is 17.5. The van der Waals surface area contributed by atoms with Crippen LogP contribution in [0.4, 0.5) is 5.69 Å². The van der Waals surface area contributed by atoms with E-state index >= 15 is 0 Å². The Labute approximate surface area is 148 Å². The van der Waals surface area contributed by atoms with Gasteiger partial charge in [0.1, 0.15) is 6.04 Å². The van der Waals surface area contributed by atoms with Gasteiger partial charge in [-0.25, -0.2) is 0 Å². The molecular weight excluding hydrogens is 314 g/mol. The summed E-state index contributed by atoms with van der Waals surface area (Å²) in [6.07, 6.45) is 1.59. The van der Waals surface area contributed by atoms with Crippen LogP contribution in [0.3, 0.4) is 0 Å². The van der Waals surface area contributed by atoms with Crippen LogP contribution in [0.25, 0.3) is 0 Å². The van der Waals surface area contributed by atoms with E-state index in [1.165, 1.54) is 0 Å². The minimum Gasteiger partial charge on any atom is -0.358 e. The Hall–Kier alpha value is -2.82. The molecule has 5 nitrogen and oxygen atoms in total. The second-order valence-electron chi connectivity index (χ2n) is 6.23. The molecule has 3 rings (SSSR count). The summed E-state index contributed by atoms with van der Waals surface area (Å²) in [6.45, 7) is 1.53. The predicted octanol–water partition coefficient (Wildman–Crippen LogP) is 2.09. The number of carbonyl (C=O) groups is 2. The highest BCUT2D eigenvalue weighted by Gasteiger charge is 2.24. The molecule has 5 heteroatoms. The monoisotopic (exact) mass is 337 g/mol. The lowest BCUT2D eigenvalue weighted by Crippen LogP contribution is -2.52. The summed E-state index contributed by atoms with van der Waals surface area (Å²) in [7, 11) is 0. The van der Waals surface area contributed by atoms with Crippen LogP contribution in [-0.2, 0) is 16.1 Å². The number of hydrogen-bond donors (Lipinski definition) is 2. The molecule has 2 aromatic rings. The van der Waals surface area contributed by atoms with Crippen LogP contribution in [0.5, 0.6) is 0 Å². The molecular formula is C20H23N3O2. The van der Waals surface area contributed by atoms with E-state index in [1.54, 1.807) is 0 Å². The van der Waals surface area contributed by atoms with Gasteiger partial charge in [-0.3, -0.25) is 9.59 Å². The molecule has 130 valence electrons. The van der Waals surface area contributed by atoms with Crippen molar-refractivity contribution in [2.75, 3.05) is 18.0 Å². The fourth-order valence-electron chi connectivity index (χ4n) is 3.00. The van der Waals surface area contributed by atoms with Crippen molar-refractivity contribution in [3.05, 3.63) is 66.2 Å². The van der Waals surface area contributed by atoms with E-state index < -0.39 is 6.04 Å². The number of carbonyl (C=O) groups excluding carboxylic acids is 2. The normalized spacial score (nSPS) is 16.8. The first-order valence-electron chi connectivity index (χ1n) is 8.63. The lowest BCUT2D eigenvalue weighted by Gasteiger charge is -2.27. The highest BCUT2D eigenvalue weighted by atomic mass is 16.2. The Morgan fingerprint density at radius 1 is 1.08 bits per heavy atom. The maximum Gasteiger partial charge on any atom is 0.242 e. The summed E-state index contributed by atoms with van der Waals surface area (Å²) in [4.78, 5) is 26.4. The van der Waals surface area contributed by atoms with E-state index in [1.807, 2.05) is 65.6 Å². The van der Waals surface area contributed by atoms with Gasteiger partial charge in [0, 0.05) is 18.8 Å². The van der Waals surface area contributed by atoms with E-state index in [0.29, 0.717) is 19.5 Å². The number of nitrogens with zero attached hydrogens (tertiary/aromatic N) is 1. The lowest BCUT2D eigenvalue weighted by molar-refractivity contribution is -0.129. The highest BCUT2D eigenvalue weighted by molar-refractivity contribution is 5.89. The average Bonchev–Trinajstić information content (AvgIpc) is 2.65. The van der Waals surface area contributed by atoms with E-state index in [0.717, 1.165) is 17.7 Å². The maximum absolute atomic E-state index is 12.5. The number of amides is 2. The second-order valence-corrected chi connectivity index (χ2v) is 6.23. The van der Waals surface area contributed by atoms with Gasteiger partial charge < -0.3 is 15.5 Å². The number of para-hydroxylation sites is 1. The molecule has 0 bridgehead atoms. The molecule has 2 N–H and O–H groups in total. The number of rotatable bonds is 6. The third-order valence-electron chi connectivity index (χ3n) is 4.29. The van der Waals surface area contributed by atoms with E-state index in [-0.39, 0.29) is 18.4 Å². The quantitative estimate of drug-likeness (QED) is 0.848. The molecule has 1 atom stereocenters. The van der Waals surface area contributed by atoms with E-state index in [4.69, 9.17) is 0 Å². The minimum atomic E-state index is -0.421. The molecule has 25 heavy (non-hydrogen) atoms. The topological polar surface area (TPSA) is 61.4 Å². The highest BCUT2D eigenvalue weighted by Crippen LogP contribution is 2.16. The maximum atomic E-state index is 12.5. The van der Waals surface area contributed by atoms with Crippen LogP contribution < -0.4 is 15.5 Å². The molecule has 0 unspecified atom stereocenters. The van der Waals surface area contributed by atoms with Crippen LogP contribution in [0, 0.1) is 0 Å². The van der Waals surface area contributed by atoms with Gasteiger partial charge in [0.05, 0.1) is 6.54 Å². The van der Waals surface area contributed by atoms with Crippen molar-refractivity contribution in [2.24, 2.45) is 0 Å². The first-order chi connectivity index (χ1) is 12.2. The molecule has 0 spiro atoms. The zero-order valence-corrected chi connectivity index (χ0v) is 14.2. The van der Waals surface area contributed by atoms with Crippen molar-refractivity contribution in [1.29, 1.82) is 0 Å². The van der Waals surface area contributed by atoms with Gasteiger partial charge in [0.25, 0.3) is 0 Å². The van der Waals surface area contributed by atoms with Crippen molar-refractivity contribution < 1.29 is 9.59 Å². The number of anilines is 1. The lowest BCUT2D eigenvalue weighted by atomic mass is 10.1.